The van der Waals surface area contributed by atoms with E-state index in [1.807, 2.05) is 23.0 Å². The van der Waals surface area contributed by atoms with Crippen LogP contribution in [-0.4, -0.2) is 17.0 Å². The molecule has 4 rings (SSSR count). The summed E-state index contributed by atoms with van der Waals surface area (Å²) in [5.74, 6) is 1.17. The number of nitrogens with zero attached hydrogens (tertiary/aromatic N) is 2. The lowest BCUT2D eigenvalue weighted by Gasteiger charge is -2.02. The number of rotatable bonds is 6. The van der Waals surface area contributed by atoms with Gasteiger partial charge in [-0.3, -0.25) is 4.79 Å². The summed E-state index contributed by atoms with van der Waals surface area (Å²) >= 11 is 0. The largest absolute Gasteiger partial charge is 0.493 e. The summed E-state index contributed by atoms with van der Waals surface area (Å²) in [4.78, 5) is 12.0. The van der Waals surface area contributed by atoms with E-state index in [1.165, 1.54) is 11.1 Å². The second-order valence-corrected chi connectivity index (χ2v) is 6.43. The van der Waals surface area contributed by atoms with Gasteiger partial charge in [-0.1, -0.05) is 24.3 Å². The molecule has 3 aromatic rings. The number of imidazole rings is 1. The number of hydrogen-bond acceptors (Lipinski definition) is 2. The second-order valence-electron chi connectivity index (χ2n) is 6.43. The maximum atomic E-state index is 12.0. The average molecular weight is 333 g/mol. The summed E-state index contributed by atoms with van der Waals surface area (Å²) in [5, 5.41) is 0. The molecule has 4 heteroatoms. The molecule has 0 radical (unpaired) electrons. The molecule has 0 spiro atoms. The molecule has 0 unspecified atom stereocenters. The molecule has 1 aliphatic heterocycles. The van der Waals surface area contributed by atoms with E-state index in [9.17, 15) is 4.79 Å². The van der Waals surface area contributed by atoms with Crippen molar-refractivity contribution in [3.05, 3.63) is 72.6 Å². The van der Waals surface area contributed by atoms with E-state index >= 15 is 0 Å². The molecule has 126 valence electrons. The molecule has 4 nitrogen and oxygen atoms in total. The van der Waals surface area contributed by atoms with E-state index in [0.717, 1.165) is 36.4 Å². The number of carbonyl (C=O) groups excluding carboxylic acids is 1. The Morgan fingerprint density at radius 2 is 2.16 bits per heavy atom. The van der Waals surface area contributed by atoms with Crippen molar-refractivity contribution in [2.75, 3.05) is 6.61 Å². The zero-order valence-electron chi connectivity index (χ0n) is 14.1. The minimum Gasteiger partial charge on any atom is -0.493 e. The molecule has 0 fully saturated rings. The Morgan fingerprint density at radius 3 is 3.04 bits per heavy atom. The highest BCUT2D eigenvalue weighted by Crippen LogP contribution is 2.26. The zero-order chi connectivity index (χ0) is 17.2. The number of carbonyl (C=O) groups is 1. The van der Waals surface area contributed by atoms with E-state index in [4.69, 9.17) is 4.74 Å². The van der Waals surface area contributed by atoms with Crippen LogP contribution < -0.4 is 9.30 Å². The molecule has 0 N–H and O–H groups in total. The van der Waals surface area contributed by atoms with Gasteiger partial charge in [-0.15, -0.1) is 6.58 Å². The predicted octanol–water partition coefficient (Wildman–Crippen LogP) is 3.06. The Balaban J connectivity index is 1.67. The number of fused-ring (bicyclic) bond motifs is 2. The van der Waals surface area contributed by atoms with E-state index in [1.54, 1.807) is 6.08 Å². The molecular weight excluding hydrogens is 312 g/mol. The normalized spacial score (nSPS) is 12.8. The Bertz CT molecular complexity index is 956. The fourth-order valence-corrected chi connectivity index (χ4v) is 3.45. The van der Waals surface area contributed by atoms with Gasteiger partial charge in [0, 0.05) is 12.8 Å². The van der Waals surface area contributed by atoms with Crippen molar-refractivity contribution >= 4 is 16.8 Å². The van der Waals surface area contributed by atoms with Gasteiger partial charge >= 0.3 is 0 Å². The third kappa shape index (κ3) is 3.07. The highest BCUT2D eigenvalue weighted by atomic mass is 16.5. The topological polar surface area (TPSA) is 35.1 Å². The van der Waals surface area contributed by atoms with Crippen molar-refractivity contribution in [2.45, 2.75) is 25.9 Å². The molecule has 2 heterocycles. The first-order chi connectivity index (χ1) is 12.2. The molecule has 0 aliphatic carbocycles. The van der Waals surface area contributed by atoms with Crippen molar-refractivity contribution in [1.29, 1.82) is 0 Å². The Morgan fingerprint density at radius 1 is 1.28 bits per heavy atom. The third-order valence-electron chi connectivity index (χ3n) is 4.60. The molecule has 2 aromatic carbocycles. The van der Waals surface area contributed by atoms with Crippen LogP contribution in [0.5, 0.6) is 5.75 Å². The van der Waals surface area contributed by atoms with Crippen molar-refractivity contribution in [2.24, 2.45) is 0 Å². The van der Waals surface area contributed by atoms with Gasteiger partial charge in [0.2, 0.25) is 6.33 Å². The average Bonchev–Trinajstić information content (AvgIpc) is 3.20. The standard InChI is InChI=1S/C21H21N2O2/c1-2-5-18(24)14-23-15-22(19-6-3-4-7-20(19)23)13-16-8-9-21-17(12-16)10-11-25-21/h2-4,6-9,12,15H,1,5,10-11,13-14H2/q+1. The van der Waals surface area contributed by atoms with Gasteiger partial charge < -0.3 is 4.74 Å². The molecule has 25 heavy (non-hydrogen) atoms. The van der Waals surface area contributed by atoms with Gasteiger partial charge in [-0.25, -0.2) is 9.13 Å². The lowest BCUT2D eigenvalue weighted by Crippen LogP contribution is -2.33. The van der Waals surface area contributed by atoms with E-state index in [-0.39, 0.29) is 5.78 Å². The summed E-state index contributed by atoms with van der Waals surface area (Å²) < 4.78 is 9.82. The zero-order valence-corrected chi connectivity index (χ0v) is 14.1. The first-order valence-corrected chi connectivity index (χ1v) is 8.59. The minimum atomic E-state index is 0.164. The molecule has 0 saturated heterocycles. The summed E-state index contributed by atoms with van der Waals surface area (Å²) in [5.41, 5.74) is 4.73. The van der Waals surface area contributed by atoms with Gasteiger partial charge in [-0.05, 0) is 35.4 Å². The van der Waals surface area contributed by atoms with Crippen molar-refractivity contribution < 1.29 is 14.1 Å². The maximum absolute atomic E-state index is 12.0. The predicted molar refractivity (Wildman–Crippen MR) is 96.7 cm³/mol. The Labute approximate surface area is 147 Å². The SMILES string of the molecule is C=CCC(=O)Cn1c[n+](Cc2ccc3c(c2)CCO3)c2ccccc21. The molecule has 1 aromatic heterocycles. The van der Waals surface area contributed by atoms with Crippen LogP contribution >= 0.6 is 0 Å². The van der Waals surface area contributed by atoms with Crippen LogP contribution in [-0.2, 0) is 24.3 Å². The van der Waals surface area contributed by atoms with Gasteiger partial charge in [-0.2, -0.15) is 0 Å². The minimum absolute atomic E-state index is 0.164. The van der Waals surface area contributed by atoms with Crippen molar-refractivity contribution in [3.63, 3.8) is 0 Å². The number of hydrogen-bond donors (Lipinski definition) is 0. The van der Waals surface area contributed by atoms with Crippen LogP contribution in [0.15, 0.2) is 61.4 Å². The van der Waals surface area contributed by atoms with Crippen LogP contribution in [0.25, 0.3) is 11.0 Å². The summed E-state index contributed by atoms with van der Waals surface area (Å²) in [7, 11) is 0. The number of para-hydroxylation sites is 2. The van der Waals surface area contributed by atoms with E-state index in [0.29, 0.717) is 13.0 Å². The second kappa shape index (κ2) is 6.55. The number of aromatic nitrogens is 2. The van der Waals surface area contributed by atoms with Crippen LogP contribution in [0, 0.1) is 0 Å². The monoisotopic (exact) mass is 333 g/mol. The highest BCUT2D eigenvalue weighted by molar-refractivity contribution is 5.81. The Kier molecular flexibility index (Phi) is 4.10. The van der Waals surface area contributed by atoms with Gasteiger partial charge in [0.1, 0.15) is 18.8 Å². The fourth-order valence-electron chi connectivity index (χ4n) is 3.45. The molecular formula is C21H21N2O2+. The van der Waals surface area contributed by atoms with Gasteiger partial charge in [0.15, 0.2) is 16.8 Å². The van der Waals surface area contributed by atoms with E-state index in [2.05, 4.69) is 41.5 Å². The number of allylic oxidation sites excluding steroid dienone is 1. The van der Waals surface area contributed by atoms with Crippen molar-refractivity contribution in [1.82, 2.24) is 4.57 Å². The Hall–Kier alpha value is -2.88. The summed E-state index contributed by atoms with van der Waals surface area (Å²) in [6.45, 7) is 5.57. The first-order valence-electron chi connectivity index (χ1n) is 8.59. The number of benzene rings is 2. The van der Waals surface area contributed by atoms with Crippen molar-refractivity contribution in [3.8, 4) is 5.75 Å². The van der Waals surface area contributed by atoms with E-state index < -0.39 is 0 Å². The third-order valence-corrected chi connectivity index (χ3v) is 4.60. The van der Waals surface area contributed by atoms with Gasteiger partial charge in [0.25, 0.3) is 0 Å². The molecule has 0 saturated carbocycles. The van der Waals surface area contributed by atoms with Crippen LogP contribution in [0.4, 0.5) is 0 Å². The highest BCUT2D eigenvalue weighted by Gasteiger charge is 2.18. The lowest BCUT2D eigenvalue weighted by atomic mass is 10.1. The van der Waals surface area contributed by atoms with Gasteiger partial charge in [0.05, 0.1) is 6.61 Å². The molecule has 1 aliphatic rings. The van der Waals surface area contributed by atoms with Crippen LogP contribution in [0.1, 0.15) is 17.5 Å². The molecule has 0 amide bonds. The van der Waals surface area contributed by atoms with Crippen LogP contribution in [0.2, 0.25) is 0 Å². The molecule has 0 atom stereocenters. The molecule has 0 bridgehead atoms. The maximum Gasteiger partial charge on any atom is 0.245 e. The number of ether oxygens (including phenoxy) is 1. The number of Topliss-reactive ketones (excluding diaryl/α,β-unsaturated/α-hetero) is 1. The summed E-state index contributed by atoms with van der Waals surface area (Å²) in [6.07, 6.45) is 5.08. The fraction of sp³-hybridized carbons (Fsp3) is 0.238. The quantitative estimate of drug-likeness (QED) is 0.513. The smallest absolute Gasteiger partial charge is 0.245 e. The summed E-state index contributed by atoms with van der Waals surface area (Å²) in [6, 6.07) is 14.6. The lowest BCUT2D eigenvalue weighted by molar-refractivity contribution is -0.663. The van der Waals surface area contributed by atoms with Crippen LogP contribution in [0.3, 0.4) is 0 Å². The number of ketones is 1. The first kappa shape index (κ1) is 15.6.